The summed E-state index contributed by atoms with van der Waals surface area (Å²) < 4.78 is 11.1. The highest BCUT2D eigenvalue weighted by molar-refractivity contribution is 5.74. The summed E-state index contributed by atoms with van der Waals surface area (Å²) in [5.41, 5.74) is 7.46. The van der Waals surface area contributed by atoms with Gasteiger partial charge in [0.05, 0.1) is 7.11 Å². The molecular weight excluding hydrogens is 240 g/mol. The normalized spacial score (nSPS) is 23.7. The van der Waals surface area contributed by atoms with E-state index in [0.717, 1.165) is 42.1 Å². The van der Waals surface area contributed by atoms with Crippen molar-refractivity contribution in [2.75, 3.05) is 13.7 Å². The van der Waals surface area contributed by atoms with E-state index in [1.54, 1.807) is 7.11 Å². The number of ether oxygens (including phenoxy) is 1. The van der Waals surface area contributed by atoms with Crippen LogP contribution in [0.15, 0.2) is 22.6 Å². The zero-order valence-corrected chi connectivity index (χ0v) is 11.3. The van der Waals surface area contributed by atoms with Gasteiger partial charge in [-0.3, -0.25) is 0 Å². The molecule has 0 saturated heterocycles. The average molecular weight is 260 g/mol. The van der Waals surface area contributed by atoms with Crippen molar-refractivity contribution in [3.05, 3.63) is 24.1 Å². The van der Waals surface area contributed by atoms with Gasteiger partial charge in [-0.1, -0.05) is 0 Å². The first-order chi connectivity index (χ1) is 9.30. The fraction of sp³-hybridized carbons (Fsp3) is 0.533. The van der Waals surface area contributed by atoms with Crippen LogP contribution in [-0.2, 0) is 0 Å². The number of rotatable bonds is 3. The molecule has 1 heterocycles. The number of nitrogens with zero attached hydrogens (tertiary/aromatic N) is 1. The standard InChI is InChI=1S/C15H20N2O2/c1-18-12-6-7-13-14(8-12)19-15(17-13)11-4-2-10(9-16)3-5-11/h6-8,10-11H,2-5,9,16H2,1H3. The van der Waals surface area contributed by atoms with Crippen molar-refractivity contribution in [2.24, 2.45) is 11.7 Å². The first-order valence-corrected chi connectivity index (χ1v) is 6.94. The van der Waals surface area contributed by atoms with Crippen LogP contribution >= 0.6 is 0 Å². The van der Waals surface area contributed by atoms with E-state index >= 15 is 0 Å². The van der Waals surface area contributed by atoms with Gasteiger partial charge in [-0.25, -0.2) is 4.98 Å². The monoisotopic (exact) mass is 260 g/mol. The molecule has 2 aromatic rings. The third-order valence-electron chi connectivity index (χ3n) is 4.14. The highest BCUT2D eigenvalue weighted by Crippen LogP contribution is 2.36. The molecule has 3 rings (SSSR count). The lowest BCUT2D eigenvalue weighted by Crippen LogP contribution is -2.20. The van der Waals surface area contributed by atoms with Crippen LogP contribution in [-0.4, -0.2) is 18.6 Å². The van der Waals surface area contributed by atoms with Crippen LogP contribution in [0.2, 0.25) is 0 Å². The van der Waals surface area contributed by atoms with Crippen molar-refractivity contribution in [1.29, 1.82) is 0 Å². The maximum atomic E-state index is 5.90. The van der Waals surface area contributed by atoms with Gasteiger partial charge in [0.1, 0.15) is 11.3 Å². The number of benzene rings is 1. The van der Waals surface area contributed by atoms with Gasteiger partial charge in [0.25, 0.3) is 0 Å². The molecule has 19 heavy (non-hydrogen) atoms. The van der Waals surface area contributed by atoms with Crippen LogP contribution < -0.4 is 10.5 Å². The smallest absolute Gasteiger partial charge is 0.198 e. The Bertz CT molecular complexity index is 556. The lowest BCUT2D eigenvalue weighted by Gasteiger charge is -2.25. The van der Waals surface area contributed by atoms with Crippen LogP contribution in [0.25, 0.3) is 11.1 Å². The molecule has 4 heteroatoms. The van der Waals surface area contributed by atoms with Gasteiger partial charge >= 0.3 is 0 Å². The third-order valence-corrected chi connectivity index (χ3v) is 4.14. The van der Waals surface area contributed by atoms with Gasteiger partial charge in [0.2, 0.25) is 0 Å². The van der Waals surface area contributed by atoms with Gasteiger partial charge in [-0.05, 0) is 50.3 Å². The highest BCUT2D eigenvalue weighted by Gasteiger charge is 2.25. The summed E-state index contributed by atoms with van der Waals surface area (Å²) in [6, 6.07) is 5.77. The molecule has 2 N–H and O–H groups in total. The number of oxazole rings is 1. The quantitative estimate of drug-likeness (QED) is 0.921. The predicted octanol–water partition coefficient (Wildman–Crippen LogP) is 3.07. The molecule has 1 aromatic carbocycles. The van der Waals surface area contributed by atoms with Crippen LogP contribution in [0.1, 0.15) is 37.5 Å². The first kappa shape index (κ1) is 12.5. The maximum absolute atomic E-state index is 5.90. The van der Waals surface area contributed by atoms with E-state index in [-0.39, 0.29) is 0 Å². The topological polar surface area (TPSA) is 61.3 Å². The molecule has 0 spiro atoms. The Morgan fingerprint density at radius 2 is 2.11 bits per heavy atom. The minimum atomic E-state index is 0.446. The van der Waals surface area contributed by atoms with Gasteiger partial charge in [0.15, 0.2) is 11.5 Å². The zero-order chi connectivity index (χ0) is 13.2. The maximum Gasteiger partial charge on any atom is 0.198 e. The van der Waals surface area contributed by atoms with E-state index in [4.69, 9.17) is 14.9 Å². The highest BCUT2D eigenvalue weighted by atomic mass is 16.5. The summed E-state index contributed by atoms with van der Waals surface area (Å²) in [6.45, 7) is 0.803. The Morgan fingerprint density at radius 3 is 2.79 bits per heavy atom. The summed E-state index contributed by atoms with van der Waals surface area (Å²) in [5.74, 6) is 2.81. The number of nitrogens with two attached hydrogens (primary N) is 1. The number of hydrogen-bond acceptors (Lipinski definition) is 4. The largest absolute Gasteiger partial charge is 0.497 e. The molecule has 1 aliphatic carbocycles. The Balaban J connectivity index is 1.81. The molecule has 1 aliphatic rings. The molecule has 0 unspecified atom stereocenters. The van der Waals surface area contributed by atoms with Crippen molar-refractivity contribution in [2.45, 2.75) is 31.6 Å². The number of fused-ring (bicyclic) bond motifs is 1. The fourth-order valence-electron chi connectivity index (χ4n) is 2.87. The average Bonchev–Trinajstić information content (AvgIpc) is 2.90. The Morgan fingerprint density at radius 1 is 1.32 bits per heavy atom. The van der Waals surface area contributed by atoms with Gasteiger partial charge < -0.3 is 14.9 Å². The van der Waals surface area contributed by atoms with E-state index in [2.05, 4.69) is 4.98 Å². The van der Waals surface area contributed by atoms with E-state index < -0.39 is 0 Å². The van der Waals surface area contributed by atoms with E-state index in [1.165, 1.54) is 12.8 Å². The molecule has 0 aliphatic heterocycles. The molecule has 0 bridgehead atoms. The Kier molecular flexibility index (Phi) is 3.42. The Labute approximate surface area is 112 Å². The summed E-state index contributed by atoms with van der Waals surface area (Å²) in [5, 5.41) is 0. The second-order valence-corrected chi connectivity index (χ2v) is 5.34. The second-order valence-electron chi connectivity index (χ2n) is 5.34. The minimum Gasteiger partial charge on any atom is -0.497 e. The Hall–Kier alpha value is -1.55. The molecule has 102 valence electrons. The van der Waals surface area contributed by atoms with E-state index in [9.17, 15) is 0 Å². The number of methoxy groups -OCH3 is 1. The lowest BCUT2D eigenvalue weighted by molar-refractivity contribution is 0.301. The number of hydrogen-bond donors (Lipinski definition) is 1. The fourth-order valence-corrected chi connectivity index (χ4v) is 2.87. The lowest BCUT2D eigenvalue weighted by atomic mass is 9.82. The van der Waals surface area contributed by atoms with E-state index in [0.29, 0.717) is 11.8 Å². The third kappa shape index (κ3) is 2.45. The van der Waals surface area contributed by atoms with Crippen LogP contribution in [0.3, 0.4) is 0 Å². The molecular formula is C15H20N2O2. The number of aromatic nitrogens is 1. The second kappa shape index (κ2) is 5.21. The van der Waals surface area contributed by atoms with Gasteiger partial charge in [-0.15, -0.1) is 0 Å². The summed E-state index contributed by atoms with van der Waals surface area (Å²) in [6.07, 6.45) is 4.63. The zero-order valence-electron chi connectivity index (χ0n) is 11.3. The molecule has 1 saturated carbocycles. The van der Waals surface area contributed by atoms with Gasteiger partial charge in [-0.2, -0.15) is 0 Å². The SMILES string of the molecule is COc1ccc2nc(C3CCC(CN)CC3)oc2c1. The minimum absolute atomic E-state index is 0.446. The first-order valence-electron chi connectivity index (χ1n) is 6.94. The van der Waals surface area contributed by atoms with E-state index in [1.807, 2.05) is 18.2 Å². The summed E-state index contributed by atoms with van der Waals surface area (Å²) >= 11 is 0. The summed E-state index contributed by atoms with van der Waals surface area (Å²) in [4.78, 5) is 4.61. The predicted molar refractivity (Wildman–Crippen MR) is 74.3 cm³/mol. The van der Waals surface area contributed by atoms with Crippen molar-refractivity contribution in [3.63, 3.8) is 0 Å². The molecule has 0 atom stereocenters. The van der Waals surface area contributed by atoms with Crippen LogP contribution in [0.4, 0.5) is 0 Å². The van der Waals surface area contributed by atoms with Gasteiger partial charge in [0, 0.05) is 12.0 Å². The molecule has 0 amide bonds. The summed E-state index contributed by atoms with van der Waals surface area (Å²) in [7, 11) is 1.66. The van der Waals surface area contributed by atoms with Crippen molar-refractivity contribution in [3.8, 4) is 5.75 Å². The van der Waals surface area contributed by atoms with Crippen LogP contribution in [0, 0.1) is 5.92 Å². The van der Waals surface area contributed by atoms with Crippen LogP contribution in [0.5, 0.6) is 5.75 Å². The molecule has 1 aromatic heterocycles. The van der Waals surface area contributed by atoms with Crippen molar-refractivity contribution >= 4 is 11.1 Å². The van der Waals surface area contributed by atoms with Crippen molar-refractivity contribution < 1.29 is 9.15 Å². The molecule has 4 nitrogen and oxygen atoms in total. The molecule has 0 radical (unpaired) electrons. The molecule has 1 fully saturated rings. The van der Waals surface area contributed by atoms with Crippen molar-refractivity contribution in [1.82, 2.24) is 4.98 Å².